The van der Waals surface area contributed by atoms with Crippen LogP contribution in [0.3, 0.4) is 0 Å². The molecular weight excluding hydrogens is 1730 g/mol. The minimum absolute atomic E-state index is 0.0811. The molecule has 6 N–H and O–H groups in total. The van der Waals surface area contributed by atoms with Gasteiger partial charge in [-0.25, -0.2) is 24.9 Å². The van der Waals surface area contributed by atoms with Crippen LogP contribution in [0.5, 0.6) is 0 Å². The smallest absolute Gasteiger partial charge is 0.258 e. The van der Waals surface area contributed by atoms with E-state index in [9.17, 15) is 14.4 Å². The zero-order chi connectivity index (χ0) is 102. The number of amides is 1. The lowest BCUT2D eigenvalue weighted by atomic mass is 9.96. The van der Waals surface area contributed by atoms with Crippen LogP contribution < -0.4 is 26.8 Å². The van der Waals surface area contributed by atoms with Crippen molar-refractivity contribution < 1.29 is 9.59 Å². The molecule has 0 unspecified atom stereocenters. The Hall–Kier alpha value is -13.5. The largest absolute Gasteiger partial charge is 0.362 e. The van der Waals surface area contributed by atoms with Crippen molar-refractivity contribution in [3.8, 4) is 22.3 Å². The van der Waals surface area contributed by atoms with E-state index in [1.54, 1.807) is 25.4 Å². The summed E-state index contributed by atoms with van der Waals surface area (Å²) >= 11 is 0. The summed E-state index contributed by atoms with van der Waals surface area (Å²) in [4.78, 5) is 66.9. The standard InChI is InChI=1S/C17H22N2.C17H21N.C17H20O.2C16H20N2O.C16H20N2.C15H19N.C12H16N2/c1-12(2)5-6-15-7-9-16(10-8-15)17-11-18-14(4)19-13(17)3;1-13(2)4-6-15-7-10-16(11-8-15)17-9-5-14(3)18-12-17;1-13(2)6-7-14-8-10-15(11-9-14)16-4-3-5-17(18)12-16;2*1-11(2)4-5-13-6-8-14(9-7-13)15-10-17-12(3)18-16(15)19;1-12(2)4-5-14-6-8-15(9-7-14)16-10-17-13(3)18-11-16;1-12(2)3-4-13-5-7-14(8-6-13)15-9-10-16-11-15;1-9(2)7-8-12-13-10-5-3-4-6-11(10)14-12/h7-12H,5-6H2,1-4H3;5,7-13,18H,3-4,6H2,1-2H3;3-4,8-13H,5-7H2,1-2H3;6-11H,4-5H2,1-3H3,(H,17,18,19);6-11,17H,3-5H2,1-2H3,(H,18,19);6-12,17H,3-5H2,1-2H3;5-9,11-12H,3-4,10H2,1-2H3;3-6,9H,7-8H2,1-2H3,(H,13,14). The Balaban J connectivity index is 0.000000180. The number of dihydropyridines is 1. The quantitative estimate of drug-likeness (QED) is 0.0242. The number of H-pyrrole nitrogens is 2. The monoisotopic (exact) mass is 1890 g/mol. The summed E-state index contributed by atoms with van der Waals surface area (Å²) in [5.74, 6) is 9.83. The molecule has 0 atom stereocenters. The van der Waals surface area contributed by atoms with Gasteiger partial charge in [0.25, 0.3) is 11.5 Å². The number of aliphatic imine (C=N–C) groups is 2. The van der Waals surface area contributed by atoms with Crippen LogP contribution in [0.2, 0.25) is 0 Å². The van der Waals surface area contributed by atoms with Crippen LogP contribution in [0, 0.1) is 68.1 Å². The Morgan fingerprint density at radius 2 is 0.773 bits per heavy atom. The molecule has 8 aromatic carbocycles. The summed E-state index contributed by atoms with van der Waals surface area (Å²) in [7, 11) is 0. The molecule has 0 bridgehead atoms. The number of aryl methyl sites for hydroxylation is 11. The van der Waals surface area contributed by atoms with E-state index >= 15 is 0 Å². The number of nitrogens with zero attached hydrogens (tertiary/aromatic N) is 6. The number of fused-ring (bicyclic) bond motifs is 1. The van der Waals surface area contributed by atoms with Gasteiger partial charge in [-0.15, -0.1) is 0 Å². The Kier molecular flexibility index (Phi) is 46.1. The Bertz CT molecular complexity index is 6030. The summed E-state index contributed by atoms with van der Waals surface area (Å²) in [6.45, 7) is 53.8. The van der Waals surface area contributed by atoms with Gasteiger partial charge in [0.1, 0.15) is 29.1 Å². The molecule has 3 aromatic heterocycles. The van der Waals surface area contributed by atoms with E-state index in [-0.39, 0.29) is 17.2 Å². The number of benzene rings is 8. The van der Waals surface area contributed by atoms with Gasteiger partial charge in [-0.2, -0.15) is 0 Å². The number of para-hydroxylation sites is 2. The Morgan fingerprint density at radius 3 is 1.16 bits per heavy atom. The van der Waals surface area contributed by atoms with Gasteiger partial charge in [0, 0.05) is 78.8 Å². The predicted molar refractivity (Wildman–Crippen MR) is 600 cm³/mol. The normalized spacial score (nSPS) is 13.4. The Morgan fingerprint density at radius 1 is 0.369 bits per heavy atom. The van der Waals surface area contributed by atoms with Crippen molar-refractivity contribution in [1.29, 1.82) is 0 Å². The van der Waals surface area contributed by atoms with Crippen molar-refractivity contribution >= 4 is 63.0 Å². The summed E-state index contributed by atoms with van der Waals surface area (Å²) < 4.78 is 0. The molecule has 15 nitrogen and oxygen atoms in total. The van der Waals surface area contributed by atoms with Crippen LogP contribution in [-0.2, 0) is 61.0 Å². The maximum atomic E-state index is 11.8. The van der Waals surface area contributed by atoms with Crippen molar-refractivity contribution in [3.05, 3.63) is 399 Å². The zero-order valence-electron chi connectivity index (χ0n) is 87.9. The van der Waals surface area contributed by atoms with Crippen molar-refractivity contribution in [2.75, 3.05) is 6.54 Å². The molecule has 0 spiro atoms. The van der Waals surface area contributed by atoms with E-state index in [2.05, 4.69) is 355 Å². The second-order valence-electron chi connectivity index (χ2n) is 40.7. The number of carbonyl (C=O) groups excluding carboxylic acids is 2. The molecule has 740 valence electrons. The number of aromatic nitrogens is 6. The molecule has 0 fully saturated rings. The molecular formula is C126H158N12O3. The number of imidazole rings is 1. The van der Waals surface area contributed by atoms with Crippen molar-refractivity contribution in [2.45, 2.75) is 241 Å². The van der Waals surface area contributed by atoms with E-state index in [4.69, 9.17) is 0 Å². The van der Waals surface area contributed by atoms with Gasteiger partial charge in [-0.3, -0.25) is 19.4 Å². The van der Waals surface area contributed by atoms with Crippen molar-refractivity contribution in [2.24, 2.45) is 57.3 Å². The van der Waals surface area contributed by atoms with E-state index in [0.29, 0.717) is 46.9 Å². The maximum Gasteiger partial charge on any atom is 0.258 e. The number of ketones is 1. The van der Waals surface area contributed by atoms with Gasteiger partial charge < -0.3 is 31.2 Å². The van der Waals surface area contributed by atoms with Gasteiger partial charge in [0.15, 0.2) is 5.78 Å². The fraction of sp³-hybridized carbons (Fsp3) is 0.357. The van der Waals surface area contributed by atoms with Crippen LogP contribution in [0.25, 0.3) is 61.2 Å². The third-order valence-electron chi connectivity index (χ3n) is 24.6. The van der Waals surface area contributed by atoms with Crippen LogP contribution in [0.15, 0.2) is 313 Å². The maximum absolute atomic E-state index is 11.8. The number of hydrogen-bond donors (Lipinski definition) is 6. The lowest BCUT2D eigenvalue weighted by molar-refractivity contribution is -0.115. The highest BCUT2D eigenvalue weighted by Gasteiger charge is 2.18. The van der Waals surface area contributed by atoms with Gasteiger partial charge in [-0.1, -0.05) is 337 Å². The number of aromatic amines is 2. The molecule has 7 heterocycles. The van der Waals surface area contributed by atoms with Gasteiger partial charge in [0.2, 0.25) is 0 Å². The summed E-state index contributed by atoms with van der Waals surface area (Å²) in [6, 6.07) is 68.4. The SMILES string of the molecule is C=C1C=CC(c2ccc(CCC(C)C)cc2)=CN1.C=C1N=CC(c2ccc(CCC(C)C)cc2)=CN1.C=C1NC=C(c2ccc(CCC(C)C)cc2)C(=O)N1.CC(C)CCc1ccc(C2=CC(=O)CC=C2)cc1.CC(C)CCc1ccc(C2=CCN=C2)cc1.CC(C)CCc1nc2ccccc2[nH]1.Cc1ncc(-c2ccc(CCC(C)C)cc2)c(=O)[nH]1.Cc1ncc(-c2ccc(CCC(C)C)cc2)c(C)n1. The number of allylic oxidation sites excluding steroid dienone is 9. The number of nitrogens with one attached hydrogen (secondary N) is 6. The molecule has 141 heavy (non-hydrogen) atoms. The fourth-order valence-corrected chi connectivity index (χ4v) is 15.5. The summed E-state index contributed by atoms with van der Waals surface area (Å²) in [5, 5.41) is 11.8. The average molecular weight is 1890 g/mol. The second-order valence-corrected chi connectivity index (χ2v) is 40.7. The number of carbonyl (C=O) groups is 2. The van der Waals surface area contributed by atoms with E-state index < -0.39 is 0 Å². The van der Waals surface area contributed by atoms with Crippen molar-refractivity contribution in [3.63, 3.8) is 0 Å². The van der Waals surface area contributed by atoms with Gasteiger partial charge in [0.05, 0.1) is 28.7 Å². The molecule has 0 saturated carbocycles. The number of hydrogen-bond acceptors (Lipinski definition) is 12. The highest BCUT2D eigenvalue weighted by molar-refractivity contribution is 6.20. The van der Waals surface area contributed by atoms with Gasteiger partial charge in [-0.05, 0) is 283 Å². The van der Waals surface area contributed by atoms with E-state index in [1.165, 1.54) is 137 Å². The summed E-state index contributed by atoms with van der Waals surface area (Å²) in [6.07, 6.45) is 44.3. The summed E-state index contributed by atoms with van der Waals surface area (Å²) in [5.41, 5.74) is 28.7. The van der Waals surface area contributed by atoms with Crippen molar-refractivity contribution in [1.82, 2.24) is 51.2 Å². The Labute approximate surface area is 844 Å². The first-order valence-corrected chi connectivity index (χ1v) is 51.2. The van der Waals surface area contributed by atoms with Crippen LogP contribution in [0.4, 0.5) is 0 Å². The van der Waals surface area contributed by atoms with Crippen LogP contribution in [0.1, 0.15) is 258 Å². The zero-order valence-corrected chi connectivity index (χ0v) is 87.9. The molecule has 5 aliphatic rings. The third-order valence-corrected chi connectivity index (χ3v) is 24.6. The van der Waals surface area contributed by atoms with Crippen LogP contribution in [-0.4, -0.2) is 60.6 Å². The first-order valence-electron chi connectivity index (χ1n) is 51.2. The molecule has 1 amide bonds. The average Bonchev–Trinajstić information content (AvgIpc) is 1.77. The molecule has 0 saturated heterocycles. The van der Waals surface area contributed by atoms with Crippen LogP contribution >= 0.6 is 0 Å². The van der Waals surface area contributed by atoms with E-state index in [1.807, 2.05) is 106 Å². The molecule has 16 rings (SSSR count). The highest BCUT2D eigenvalue weighted by atomic mass is 16.2. The third kappa shape index (κ3) is 40.7. The number of rotatable bonds is 31. The topological polar surface area (TPSA) is 207 Å². The molecule has 11 aromatic rings. The first-order chi connectivity index (χ1) is 67.6. The first kappa shape index (κ1) is 111. The lowest BCUT2D eigenvalue weighted by Crippen LogP contribution is -2.34. The molecule has 4 aliphatic heterocycles. The van der Waals surface area contributed by atoms with E-state index in [0.717, 1.165) is 148 Å². The minimum atomic E-state index is -0.112. The lowest BCUT2D eigenvalue weighted by Gasteiger charge is -2.17. The molecule has 1 aliphatic carbocycles. The minimum Gasteiger partial charge on any atom is -0.362 e. The highest BCUT2D eigenvalue weighted by Crippen LogP contribution is 2.29. The predicted octanol–water partition coefficient (Wildman–Crippen LogP) is 29.6. The molecule has 15 heteroatoms. The molecule has 0 radical (unpaired) electrons. The fourth-order valence-electron chi connectivity index (χ4n) is 15.5. The second kappa shape index (κ2) is 58.5. The van der Waals surface area contributed by atoms with Gasteiger partial charge >= 0.3 is 0 Å².